The van der Waals surface area contributed by atoms with Gasteiger partial charge in [0.1, 0.15) is 6.54 Å². The van der Waals surface area contributed by atoms with Gasteiger partial charge in [0.05, 0.1) is 16.6 Å². The highest BCUT2D eigenvalue weighted by Gasteiger charge is 2.34. The summed E-state index contributed by atoms with van der Waals surface area (Å²) in [7, 11) is 1.61. The van der Waals surface area contributed by atoms with Crippen molar-refractivity contribution in [1.29, 1.82) is 0 Å². The molecule has 142 valence electrons. The summed E-state index contributed by atoms with van der Waals surface area (Å²) in [5, 5.41) is 10.9. The van der Waals surface area contributed by atoms with Crippen LogP contribution >= 0.6 is 11.3 Å². The third kappa shape index (κ3) is 4.36. The number of aryl methyl sites for hydroxylation is 1. The molecule has 0 aliphatic carbocycles. The van der Waals surface area contributed by atoms with Crippen molar-refractivity contribution in [3.05, 3.63) is 57.8 Å². The molecule has 1 N–H and O–H groups in total. The van der Waals surface area contributed by atoms with Crippen LogP contribution in [0.3, 0.4) is 0 Å². The third-order valence-electron chi connectivity index (χ3n) is 4.48. The topological polar surface area (TPSA) is 65.0 Å². The Hall–Kier alpha value is -2.67. The molecular weight excluding hydrogens is 360 g/mol. The monoisotopic (exact) mass is 384 g/mol. The number of carbonyl (C=O) groups excluding carboxylic acids is 2. The summed E-state index contributed by atoms with van der Waals surface area (Å²) >= 11 is 1.62. The number of carbonyl (C=O) groups is 2. The van der Waals surface area contributed by atoms with Crippen LogP contribution in [0, 0.1) is 6.92 Å². The number of amides is 3. The molecule has 1 unspecified atom stereocenters. The van der Waals surface area contributed by atoms with Crippen LogP contribution in [0.1, 0.15) is 35.4 Å². The Balaban J connectivity index is 1.83. The SMILES string of the molecule is CCNC(=O)N(C)CC(=O)N1N=C(c2cccs2)CC1c1ccc(C)cc1. The minimum absolute atomic E-state index is 0.0184. The number of hydrogen-bond donors (Lipinski definition) is 1. The van der Waals surface area contributed by atoms with Crippen LogP contribution in [0.4, 0.5) is 4.79 Å². The van der Waals surface area contributed by atoms with Gasteiger partial charge in [0.15, 0.2) is 0 Å². The number of nitrogens with one attached hydrogen (secondary N) is 1. The second kappa shape index (κ2) is 8.35. The smallest absolute Gasteiger partial charge is 0.317 e. The Morgan fingerprint density at radius 1 is 1.30 bits per heavy atom. The molecule has 27 heavy (non-hydrogen) atoms. The quantitative estimate of drug-likeness (QED) is 0.859. The molecule has 0 spiro atoms. The molecule has 1 aliphatic heterocycles. The highest BCUT2D eigenvalue weighted by Crippen LogP contribution is 2.34. The van der Waals surface area contributed by atoms with E-state index in [0.717, 1.165) is 16.2 Å². The second-order valence-corrected chi connectivity index (χ2v) is 7.53. The van der Waals surface area contributed by atoms with Gasteiger partial charge < -0.3 is 10.2 Å². The van der Waals surface area contributed by atoms with Crippen molar-refractivity contribution in [3.8, 4) is 0 Å². The van der Waals surface area contributed by atoms with Gasteiger partial charge in [0, 0.05) is 20.0 Å². The molecule has 1 atom stereocenters. The molecular formula is C20H24N4O2S. The standard InChI is InChI=1S/C20H24N4O2S/c1-4-21-20(26)23(3)13-19(25)24-17(15-9-7-14(2)8-10-15)12-16(22-24)18-6-5-11-27-18/h5-11,17H,4,12-13H2,1-3H3,(H,21,26). The molecule has 0 fully saturated rings. The average molecular weight is 385 g/mol. The fourth-order valence-corrected chi connectivity index (χ4v) is 3.73. The van der Waals surface area contributed by atoms with Crippen LogP contribution in [0.25, 0.3) is 0 Å². The van der Waals surface area contributed by atoms with Crippen LogP contribution in [0.15, 0.2) is 46.9 Å². The lowest BCUT2D eigenvalue weighted by molar-refractivity contribution is -0.133. The minimum atomic E-state index is -0.264. The lowest BCUT2D eigenvalue weighted by Gasteiger charge is -2.25. The van der Waals surface area contributed by atoms with E-state index in [0.29, 0.717) is 13.0 Å². The molecule has 2 heterocycles. The third-order valence-corrected chi connectivity index (χ3v) is 5.40. The number of likely N-dealkylation sites (N-methyl/N-ethyl adjacent to an activating group) is 1. The van der Waals surface area contributed by atoms with E-state index in [-0.39, 0.29) is 24.5 Å². The van der Waals surface area contributed by atoms with E-state index in [2.05, 4.69) is 10.4 Å². The Morgan fingerprint density at radius 2 is 2.04 bits per heavy atom. The highest BCUT2D eigenvalue weighted by atomic mass is 32.1. The summed E-state index contributed by atoms with van der Waals surface area (Å²) in [6.07, 6.45) is 0.667. The summed E-state index contributed by atoms with van der Waals surface area (Å²) in [5.74, 6) is -0.194. The highest BCUT2D eigenvalue weighted by molar-refractivity contribution is 7.12. The van der Waals surface area contributed by atoms with E-state index in [4.69, 9.17) is 0 Å². The van der Waals surface area contributed by atoms with E-state index in [1.807, 2.05) is 55.6 Å². The van der Waals surface area contributed by atoms with E-state index in [9.17, 15) is 9.59 Å². The van der Waals surface area contributed by atoms with Gasteiger partial charge >= 0.3 is 6.03 Å². The maximum Gasteiger partial charge on any atom is 0.317 e. The van der Waals surface area contributed by atoms with Gasteiger partial charge in [0.2, 0.25) is 0 Å². The first-order valence-corrected chi connectivity index (χ1v) is 9.86. The predicted octanol–water partition coefficient (Wildman–Crippen LogP) is 3.40. The minimum Gasteiger partial charge on any atom is -0.338 e. The van der Waals surface area contributed by atoms with Crippen molar-refractivity contribution >= 4 is 29.0 Å². The van der Waals surface area contributed by atoms with E-state index in [1.165, 1.54) is 15.5 Å². The number of nitrogens with zero attached hydrogens (tertiary/aromatic N) is 3. The van der Waals surface area contributed by atoms with Crippen LogP contribution in [-0.2, 0) is 4.79 Å². The predicted molar refractivity (Wildman–Crippen MR) is 108 cm³/mol. The summed E-state index contributed by atoms with van der Waals surface area (Å²) < 4.78 is 0. The molecule has 3 rings (SSSR count). The lowest BCUT2D eigenvalue weighted by Crippen LogP contribution is -2.43. The molecule has 7 heteroatoms. The van der Waals surface area contributed by atoms with Crippen LogP contribution < -0.4 is 5.32 Å². The molecule has 1 aliphatic rings. The Morgan fingerprint density at radius 3 is 2.67 bits per heavy atom. The number of rotatable bonds is 5. The number of hydrogen-bond acceptors (Lipinski definition) is 4. The average Bonchev–Trinajstić information content (AvgIpc) is 3.32. The summed E-state index contributed by atoms with van der Waals surface area (Å²) in [5.41, 5.74) is 3.12. The van der Waals surface area contributed by atoms with Crippen molar-refractivity contribution in [2.45, 2.75) is 26.3 Å². The van der Waals surface area contributed by atoms with Crippen LogP contribution in [0.2, 0.25) is 0 Å². The van der Waals surface area contributed by atoms with E-state index < -0.39 is 0 Å². The number of thiophene rings is 1. The van der Waals surface area contributed by atoms with E-state index >= 15 is 0 Å². The molecule has 0 saturated carbocycles. The molecule has 0 bridgehead atoms. The molecule has 0 radical (unpaired) electrons. The van der Waals surface area contributed by atoms with Gasteiger partial charge in [-0.3, -0.25) is 4.79 Å². The Labute approximate surface area is 163 Å². The van der Waals surface area contributed by atoms with Crippen molar-refractivity contribution in [2.24, 2.45) is 5.10 Å². The normalized spacial score (nSPS) is 16.2. The Bertz CT molecular complexity index is 830. The largest absolute Gasteiger partial charge is 0.338 e. The second-order valence-electron chi connectivity index (χ2n) is 6.58. The Kier molecular flexibility index (Phi) is 5.91. The summed E-state index contributed by atoms with van der Waals surface area (Å²) in [4.78, 5) is 27.3. The van der Waals surface area contributed by atoms with Crippen molar-refractivity contribution < 1.29 is 9.59 Å². The maximum absolute atomic E-state index is 12.9. The van der Waals surface area contributed by atoms with Crippen molar-refractivity contribution in [3.63, 3.8) is 0 Å². The van der Waals surface area contributed by atoms with E-state index in [1.54, 1.807) is 18.4 Å². The zero-order valence-electron chi connectivity index (χ0n) is 15.8. The zero-order chi connectivity index (χ0) is 19.4. The number of urea groups is 1. The van der Waals surface area contributed by atoms with Gasteiger partial charge in [-0.15, -0.1) is 11.3 Å². The van der Waals surface area contributed by atoms with Crippen LogP contribution in [0.5, 0.6) is 0 Å². The molecule has 0 saturated heterocycles. The number of benzene rings is 1. The van der Waals surface area contributed by atoms with Gasteiger partial charge in [-0.05, 0) is 30.9 Å². The number of hydrazone groups is 1. The molecule has 1 aromatic heterocycles. The van der Waals surface area contributed by atoms with Gasteiger partial charge in [-0.1, -0.05) is 35.9 Å². The van der Waals surface area contributed by atoms with Gasteiger partial charge in [-0.25, -0.2) is 9.80 Å². The first-order chi connectivity index (χ1) is 13.0. The first-order valence-electron chi connectivity index (χ1n) is 8.98. The molecule has 3 amide bonds. The molecule has 1 aromatic carbocycles. The zero-order valence-corrected chi connectivity index (χ0v) is 16.6. The van der Waals surface area contributed by atoms with Gasteiger partial charge in [-0.2, -0.15) is 5.10 Å². The summed E-state index contributed by atoms with van der Waals surface area (Å²) in [6.45, 7) is 4.39. The lowest BCUT2D eigenvalue weighted by atomic mass is 10.00. The fraction of sp³-hybridized carbons (Fsp3) is 0.350. The first kappa shape index (κ1) is 19.1. The molecule has 6 nitrogen and oxygen atoms in total. The maximum atomic E-state index is 12.9. The van der Waals surface area contributed by atoms with Crippen molar-refractivity contribution in [2.75, 3.05) is 20.1 Å². The fourth-order valence-electron chi connectivity index (χ4n) is 3.01. The molecule has 2 aromatic rings. The van der Waals surface area contributed by atoms with Crippen molar-refractivity contribution in [1.82, 2.24) is 15.2 Å². The van der Waals surface area contributed by atoms with Crippen LogP contribution in [-0.4, -0.2) is 47.7 Å². The van der Waals surface area contributed by atoms with Gasteiger partial charge in [0.25, 0.3) is 5.91 Å². The summed E-state index contributed by atoms with van der Waals surface area (Å²) in [6, 6.07) is 11.8.